The third kappa shape index (κ3) is 5.88. The Balaban J connectivity index is 1.71. The van der Waals surface area contributed by atoms with E-state index in [2.05, 4.69) is 10.3 Å². The van der Waals surface area contributed by atoms with E-state index in [0.29, 0.717) is 57.2 Å². The molecule has 0 unspecified atom stereocenters. The fourth-order valence-electron chi connectivity index (χ4n) is 4.45. The number of hydrogen-bond donors (Lipinski definition) is 3. The fourth-order valence-corrected chi connectivity index (χ4v) is 4.45. The lowest BCUT2D eigenvalue weighted by Gasteiger charge is -2.35. The van der Waals surface area contributed by atoms with Crippen LogP contribution in [-0.4, -0.2) is 51.3 Å². The van der Waals surface area contributed by atoms with Gasteiger partial charge in [-0.15, -0.1) is 0 Å². The van der Waals surface area contributed by atoms with Crippen molar-refractivity contribution in [3.63, 3.8) is 0 Å². The van der Waals surface area contributed by atoms with Gasteiger partial charge in [-0.25, -0.2) is 14.2 Å². The van der Waals surface area contributed by atoms with E-state index in [1.165, 1.54) is 0 Å². The van der Waals surface area contributed by atoms with Crippen LogP contribution in [0.4, 0.5) is 20.7 Å². The zero-order chi connectivity index (χ0) is 23.7. The molecule has 1 saturated heterocycles. The lowest BCUT2D eigenvalue weighted by Crippen LogP contribution is -2.41. The molecule has 0 radical (unpaired) electrons. The number of amides is 2. The number of likely N-dealkylation sites (tertiary alicyclic amines) is 1. The van der Waals surface area contributed by atoms with Crippen molar-refractivity contribution < 1.29 is 23.8 Å². The van der Waals surface area contributed by atoms with Crippen LogP contribution in [0.3, 0.4) is 0 Å². The van der Waals surface area contributed by atoms with Gasteiger partial charge < -0.3 is 25.8 Å². The van der Waals surface area contributed by atoms with E-state index in [9.17, 15) is 19.1 Å². The molecule has 0 atom stereocenters. The van der Waals surface area contributed by atoms with Crippen LogP contribution in [0, 0.1) is 11.7 Å². The first-order valence-electron chi connectivity index (χ1n) is 11.3. The van der Waals surface area contributed by atoms with Gasteiger partial charge in [-0.05, 0) is 72.1 Å². The second-order valence-corrected chi connectivity index (χ2v) is 10.3. The van der Waals surface area contributed by atoms with Gasteiger partial charge in [0.25, 0.3) is 0 Å². The van der Waals surface area contributed by atoms with E-state index in [4.69, 9.17) is 10.5 Å². The summed E-state index contributed by atoms with van der Waals surface area (Å²) >= 11 is 0. The third-order valence-electron chi connectivity index (χ3n) is 6.34. The van der Waals surface area contributed by atoms with Crippen molar-refractivity contribution in [2.75, 3.05) is 24.1 Å². The van der Waals surface area contributed by atoms with Crippen molar-refractivity contribution in [3.8, 4) is 0 Å². The number of piperidine rings is 1. The second-order valence-electron chi connectivity index (χ2n) is 10.3. The Morgan fingerprint density at radius 1 is 1.25 bits per heavy atom. The van der Waals surface area contributed by atoms with Crippen LogP contribution < -0.4 is 11.1 Å². The summed E-state index contributed by atoms with van der Waals surface area (Å²) in [6, 6.07) is 0. The van der Waals surface area contributed by atoms with Gasteiger partial charge in [0, 0.05) is 24.6 Å². The fraction of sp³-hybridized carbons (Fsp3) is 0.696. The molecule has 0 bridgehead atoms. The van der Waals surface area contributed by atoms with Crippen molar-refractivity contribution >= 4 is 23.5 Å². The van der Waals surface area contributed by atoms with Gasteiger partial charge in [0.2, 0.25) is 5.91 Å². The molecule has 178 valence electrons. The molecule has 2 fully saturated rings. The Bertz CT molecular complexity index is 850. The number of hydrogen-bond acceptors (Lipinski definition) is 6. The van der Waals surface area contributed by atoms with Crippen molar-refractivity contribution in [2.24, 2.45) is 5.92 Å². The number of pyridine rings is 1. The minimum absolute atomic E-state index is 0.0760. The summed E-state index contributed by atoms with van der Waals surface area (Å²) in [5.74, 6) is -1.14. The molecule has 4 N–H and O–H groups in total. The van der Waals surface area contributed by atoms with E-state index in [-0.39, 0.29) is 35.3 Å². The van der Waals surface area contributed by atoms with Crippen LogP contribution >= 0.6 is 0 Å². The smallest absolute Gasteiger partial charge is 0.410 e. The molecule has 3 rings (SSSR count). The Kier molecular flexibility index (Phi) is 6.97. The van der Waals surface area contributed by atoms with E-state index in [0.717, 1.165) is 6.20 Å². The molecule has 32 heavy (non-hydrogen) atoms. The largest absolute Gasteiger partial charge is 0.444 e. The minimum atomic E-state index is -0.747. The predicted octanol–water partition coefficient (Wildman–Crippen LogP) is 3.80. The molecule has 2 aliphatic rings. The van der Waals surface area contributed by atoms with E-state index < -0.39 is 17.0 Å². The van der Waals surface area contributed by atoms with Crippen LogP contribution in [0.2, 0.25) is 0 Å². The predicted molar refractivity (Wildman–Crippen MR) is 120 cm³/mol. The van der Waals surface area contributed by atoms with Crippen LogP contribution in [0.1, 0.15) is 77.7 Å². The summed E-state index contributed by atoms with van der Waals surface area (Å²) in [5.41, 5.74) is 5.29. The number of aliphatic hydroxyl groups is 1. The first kappa shape index (κ1) is 24.2. The van der Waals surface area contributed by atoms with Crippen molar-refractivity contribution in [1.82, 2.24) is 9.88 Å². The molecule has 2 amide bonds. The SMILES string of the molecule is CC1(O)CCC(C(=O)Nc2c(N)ncc(F)c2C2CCN(C(=O)OC(C)(C)C)CC2)CC1. The summed E-state index contributed by atoms with van der Waals surface area (Å²) in [6.45, 7) is 8.06. The van der Waals surface area contributed by atoms with Gasteiger partial charge in [-0.3, -0.25) is 4.79 Å². The molecule has 1 aromatic heterocycles. The number of rotatable bonds is 3. The molecule has 1 aliphatic heterocycles. The highest BCUT2D eigenvalue weighted by Gasteiger charge is 2.34. The summed E-state index contributed by atoms with van der Waals surface area (Å²) in [7, 11) is 0. The number of anilines is 2. The molecular weight excluding hydrogens is 415 g/mol. The average Bonchev–Trinajstić information content (AvgIpc) is 2.69. The number of nitrogens with zero attached hydrogens (tertiary/aromatic N) is 2. The Morgan fingerprint density at radius 3 is 2.41 bits per heavy atom. The van der Waals surface area contributed by atoms with Gasteiger partial charge >= 0.3 is 6.09 Å². The highest BCUT2D eigenvalue weighted by Crippen LogP contribution is 2.38. The summed E-state index contributed by atoms with van der Waals surface area (Å²) < 4.78 is 20.3. The molecule has 8 nitrogen and oxygen atoms in total. The summed E-state index contributed by atoms with van der Waals surface area (Å²) in [4.78, 5) is 30.7. The van der Waals surface area contributed by atoms with Crippen molar-refractivity contribution in [3.05, 3.63) is 17.6 Å². The second kappa shape index (κ2) is 9.21. The average molecular weight is 451 g/mol. The molecule has 0 aromatic carbocycles. The number of nitrogens with one attached hydrogen (secondary N) is 1. The Morgan fingerprint density at radius 2 is 1.84 bits per heavy atom. The van der Waals surface area contributed by atoms with Gasteiger partial charge in [0.05, 0.1) is 17.5 Å². The maximum atomic E-state index is 14.9. The highest BCUT2D eigenvalue weighted by atomic mass is 19.1. The molecule has 0 spiro atoms. The van der Waals surface area contributed by atoms with Crippen molar-refractivity contribution in [1.29, 1.82) is 0 Å². The summed E-state index contributed by atoms with van der Waals surface area (Å²) in [6.07, 6.45) is 3.95. The summed E-state index contributed by atoms with van der Waals surface area (Å²) in [5, 5.41) is 13.0. The normalized spacial score (nSPS) is 24.8. The molecule has 9 heteroatoms. The zero-order valence-corrected chi connectivity index (χ0v) is 19.4. The quantitative estimate of drug-likeness (QED) is 0.645. The lowest BCUT2D eigenvalue weighted by molar-refractivity contribution is -0.122. The third-order valence-corrected chi connectivity index (χ3v) is 6.34. The molecular formula is C23H35FN4O4. The topological polar surface area (TPSA) is 118 Å². The van der Waals surface area contributed by atoms with Crippen molar-refractivity contribution in [2.45, 2.75) is 83.3 Å². The number of halogens is 1. The van der Waals surface area contributed by atoms with Gasteiger partial charge in [0.15, 0.2) is 0 Å². The number of carbonyl (C=O) groups is 2. The zero-order valence-electron chi connectivity index (χ0n) is 19.4. The monoisotopic (exact) mass is 450 g/mol. The van der Waals surface area contributed by atoms with Crippen LogP contribution in [0.5, 0.6) is 0 Å². The maximum absolute atomic E-state index is 14.9. The highest BCUT2D eigenvalue weighted by molar-refractivity contribution is 5.96. The lowest BCUT2D eigenvalue weighted by atomic mass is 9.79. The number of carbonyl (C=O) groups excluding carboxylic acids is 2. The Hall–Kier alpha value is -2.42. The van der Waals surface area contributed by atoms with E-state index in [1.807, 2.05) is 20.8 Å². The minimum Gasteiger partial charge on any atom is -0.444 e. The number of ether oxygens (including phenoxy) is 1. The van der Waals surface area contributed by atoms with Crippen LogP contribution in [0.15, 0.2) is 6.20 Å². The van der Waals surface area contributed by atoms with Gasteiger partial charge in [-0.1, -0.05) is 0 Å². The van der Waals surface area contributed by atoms with Gasteiger partial charge in [0.1, 0.15) is 17.2 Å². The molecule has 2 heterocycles. The molecule has 1 saturated carbocycles. The Labute approximate surface area is 188 Å². The first-order chi connectivity index (χ1) is 14.9. The van der Waals surface area contributed by atoms with Crippen LogP contribution in [0.25, 0.3) is 0 Å². The molecule has 1 aliphatic carbocycles. The molecule has 1 aromatic rings. The first-order valence-corrected chi connectivity index (χ1v) is 11.3. The standard InChI is InChI=1S/C23H35FN4O4/c1-22(2,3)32-21(30)28-11-7-14(8-12-28)17-16(24)13-26-19(25)18(17)27-20(29)15-5-9-23(4,31)10-6-15/h13-15,31H,5-12H2,1-4H3,(H2,25,26)(H,27,29). The number of nitrogens with two attached hydrogens (primary N) is 1. The number of aromatic nitrogens is 1. The van der Waals surface area contributed by atoms with Gasteiger partial charge in [-0.2, -0.15) is 0 Å². The van der Waals surface area contributed by atoms with Crippen LogP contribution in [-0.2, 0) is 9.53 Å². The van der Waals surface area contributed by atoms with E-state index in [1.54, 1.807) is 11.8 Å². The number of nitrogen functional groups attached to an aromatic ring is 1. The van der Waals surface area contributed by atoms with E-state index >= 15 is 0 Å². The maximum Gasteiger partial charge on any atom is 0.410 e.